The van der Waals surface area contributed by atoms with Crippen LogP contribution in [0.2, 0.25) is 0 Å². The summed E-state index contributed by atoms with van der Waals surface area (Å²) in [5.41, 5.74) is 1.66. The molecule has 7 nitrogen and oxygen atoms in total. The van der Waals surface area contributed by atoms with Gasteiger partial charge in [0.1, 0.15) is 12.1 Å². The van der Waals surface area contributed by atoms with Gasteiger partial charge in [-0.3, -0.25) is 4.79 Å². The van der Waals surface area contributed by atoms with Crippen LogP contribution >= 0.6 is 0 Å². The first-order chi connectivity index (χ1) is 12.7. The van der Waals surface area contributed by atoms with E-state index in [1.54, 1.807) is 6.07 Å². The molecule has 0 saturated carbocycles. The van der Waals surface area contributed by atoms with Gasteiger partial charge in [-0.25, -0.2) is 4.98 Å². The average molecular weight is 359 g/mol. The van der Waals surface area contributed by atoms with Crippen molar-refractivity contribution in [1.29, 1.82) is 0 Å². The first kappa shape index (κ1) is 17.3. The van der Waals surface area contributed by atoms with Crippen molar-refractivity contribution in [3.05, 3.63) is 41.9 Å². The van der Waals surface area contributed by atoms with Gasteiger partial charge in [0.05, 0.1) is 43.0 Å². The van der Waals surface area contributed by atoms with Gasteiger partial charge < -0.3 is 23.4 Å². The van der Waals surface area contributed by atoms with Crippen molar-refractivity contribution in [2.45, 2.75) is 39.0 Å². The van der Waals surface area contributed by atoms with Crippen molar-refractivity contribution in [2.24, 2.45) is 5.92 Å². The Morgan fingerprint density at radius 2 is 2.19 bits per heavy atom. The molecule has 0 unspecified atom stereocenters. The second kappa shape index (κ2) is 7.63. The second-order valence-corrected chi connectivity index (χ2v) is 7.02. The molecule has 0 N–H and O–H groups in total. The Balaban J connectivity index is 1.38. The number of imidazole rings is 1. The molecule has 2 aliphatic rings. The Hall–Kier alpha value is -2.12. The van der Waals surface area contributed by atoms with Gasteiger partial charge in [-0.15, -0.1) is 0 Å². The maximum atomic E-state index is 12.6. The van der Waals surface area contributed by atoms with Crippen LogP contribution in [-0.4, -0.2) is 46.7 Å². The Morgan fingerprint density at radius 3 is 2.96 bits per heavy atom. The van der Waals surface area contributed by atoms with Crippen LogP contribution in [0.25, 0.3) is 0 Å². The van der Waals surface area contributed by atoms with E-state index in [0.29, 0.717) is 24.6 Å². The zero-order valence-corrected chi connectivity index (χ0v) is 15.1. The van der Waals surface area contributed by atoms with Gasteiger partial charge in [-0.1, -0.05) is 0 Å². The maximum Gasteiger partial charge on any atom is 0.257 e. The van der Waals surface area contributed by atoms with Gasteiger partial charge in [0.15, 0.2) is 0 Å². The molecule has 0 spiro atoms. The van der Waals surface area contributed by atoms with Crippen LogP contribution < -0.4 is 0 Å². The number of ether oxygens (including phenoxy) is 2. The zero-order chi connectivity index (χ0) is 17.9. The number of nitrogens with zero attached hydrogens (tertiary/aromatic N) is 3. The molecule has 4 rings (SSSR count). The summed E-state index contributed by atoms with van der Waals surface area (Å²) in [4.78, 5) is 19.0. The summed E-state index contributed by atoms with van der Waals surface area (Å²) in [6.45, 7) is 6.42. The largest absolute Gasteiger partial charge is 0.472 e. The Bertz CT molecular complexity index is 734. The normalized spacial score (nSPS) is 21.0. The molecule has 26 heavy (non-hydrogen) atoms. The summed E-state index contributed by atoms with van der Waals surface area (Å²) in [6.07, 6.45) is 7.04. The molecule has 2 aromatic heterocycles. The number of amides is 1. The quantitative estimate of drug-likeness (QED) is 0.821. The second-order valence-electron chi connectivity index (χ2n) is 7.02. The van der Waals surface area contributed by atoms with Crippen LogP contribution in [-0.2, 0) is 22.6 Å². The highest BCUT2D eigenvalue weighted by atomic mass is 16.5. The highest BCUT2D eigenvalue weighted by Gasteiger charge is 2.31. The monoisotopic (exact) mass is 359 g/mol. The minimum Gasteiger partial charge on any atom is -0.472 e. The molecule has 2 aromatic rings. The highest BCUT2D eigenvalue weighted by molar-refractivity contribution is 5.94. The zero-order valence-electron chi connectivity index (χ0n) is 15.1. The number of fused-ring (bicyclic) bond motifs is 1. The molecule has 0 radical (unpaired) electrons. The van der Waals surface area contributed by atoms with E-state index in [2.05, 4.69) is 9.55 Å². The van der Waals surface area contributed by atoms with Crippen molar-refractivity contribution in [1.82, 2.24) is 14.5 Å². The number of rotatable bonds is 5. The van der Waals surface area contributed by atoms with E-state index in [9.17, 15) is 4.79 Å². The van der Waals surface area contributed by atoms with Crippen LogP contribution in [0, 0.1) is 5.92 Å². The van der Waals surface area contributed by atoms with Gasteiger partial charge in [0.25, 0.3) is 5.91 Å². The van der Waals surface area contributed by atoms with E-state index in [0.717, 1.165) is 50.7 Å². The maximum absolute atomic E-state index is 12.6. The molecular weight excluding hydrogens is 334 g/mol. The Kier molecular flexibility index (Phi) is 5.08. The summed E-state index contributed by atoms with van der Waals surface area (Å²) in [5, 5.41) is 0. The van der Waals surface area contributed by atoms with Gasteiger partial charge in [0, 0.05) is 26.3 Å². The molecule has 7 heteroatoms. The summed E-state index contributed by atoms with van der Waals surface area (Å²) in [6, 6.07) is 1.63. The molecule has 140 valence electrons. The molecule has 0 aromatic carbocycles. The topological polar surface area (TPSA) is 69.7 Å². The lowest BCUT2D eigenvalue weighted by molar-refractivity contribution is 0.0139. The van der Waals surface area contributed by atoms with Gasteiger partial charge in [0.2, 0.25) is 0 Å². The molecule has 1 amide bonds. The van der Waals surface area contributed by atoms with Crippen LogP contribution in [0.15, 0.2) is 29.2 Å². The summed E-state index contributed by atoms with van der Waals surface area (Å²) < 4.78 is 18.6. The fourth-order valence-corrected chi connectivity index (χ4v) is 3.75. The Labute approximate surface area is 152 Å². The lowest BCUT2D eigenvalue weighted by Gasteiger charge is -2.34. The molecular formula is C19H25N3O4. The van der Waals surface area contributed by atoms with Crippen LogP contribution in [0.4, 0.5) is 0 Å². The number of hydrogen-bond acceptors (Lipinski definition) is 5. The summed E-state index contributed by atoms with van der Waals surface area (Å²) >= 11 is 0. The average Bonchev–Trinajstić information content (AvgIpc) is 3.33. The first-order valence-corrected chi connectivity index (χ1v) is 9.27. The Morgan fingerprint density at radius 1 is 1.35 bits per heavy atom. The van der Waals surface area contributed by atoms with Crippen molar-refractivity contribution in [3.63, 3.8) is 0 Å². The first-order valence-electron chi connectivity index (χ1n) is 9.27. The van der Waals surface area contributed by atoms with Crippen LogP contribution in [0.5, 0.6) is 0 Å². The number of carbonyl (C=O) groups excluding carboxylic acids is 1. The molecule has 0 bridgehead atoms. The number of carbonyl (C=O) groups is 1. The van der Waals surface area contributed by atoms with E-state index in [1.807, 2.05) is 18.0 Å². The van der Waals surface area contributed by atoms with E-state index >= 15 is 0 Å². The standard InChI is InChI=1S/C19H25N3O4/c1-14-18-20-10-17(13-26-11-15-2-7-24-8-3-15)22(18)6-5-21(14)19(23)16-4-9-25-12-16/h4,9-10,12,14-15H,2-3,5-8,11,13H2,1H3/t14-/m0/s1. The predicted molar refractivity (Wildman–Crippen MR) is 93.6 cm³/mol. The minimum absolute atomic E-state index is 0.0159. The van der Waals surface area contributed by atoms with Crippen LogP contribution in [0.1, 0.15) is 47.7 Å². The van der Waals surface area contributed by atoms with Crippen LogP contribution in [0.3, 0.4) is 0 Å². The summed E-state index contributed by atoms with van der Waals surface area (Å²) in [5.74, 6) is 1.49. The van der Waals surface area contributed by atoms with E-state index in [1.165, 1.54) is 12.5 Å². The third kappa shape index (κ3) is 3.41. The van der Waals surface area contributed by atoms with Gasteiger partial charge >= 0.3 is 0 Å². The lowest BCUT2D eigenvalue weighted by atomic mass is 10.0. The van der Waals surface area contributed by atoms with E-state index in [4.69, 9.17) is 13.9 Å². The van der Waals surface area contributed by atoms with Crippen molar-refractivity contribution < 1.29 is 18.7 Å². The molecule has 1 atom stereocenters. The van der Waals surface area contributed by atoms with Crippen molar-refractivity contribution in [3.8, 4) is 0 Å². The molecule has 1 saturated heterocycles. The molecule has 4 heterocycles. The third-order valence-electron chi connectivity index (χ3n) is 5.35. The SMILES string of the molecule is C[C@H]1c2ncc(COCC3CCOCC3)n2CCN1C(=O)c1ccoc1. The predicted octanol–water partition coefficient (Wildman–Crippen LogP) is 2.64. The molecule has 0 aliphatic carbocycles. The number of hydrogen-bond donors (Lipinski definition) is 0. The third-order valence-corrected chi connectivity index (χ3v) is 5.35. The summed E-state index contributed by atoms with van der Waals surface area (Å²) in [7, 11) is 0. The smallest absolute Gasteiger partial charge is 0.257 e. The van der Waals surface area contributed by atoms with Crippen molar-refractivity contribution in [2.75, 3.05) is 26.4 Å². The van der Waals surface area contributed by atoms with E-state index in [-0.39, 0.29) is 11.9 Å². The van der Waals surface area contributed by atoms with Gasteiger partial charge in [-0.2, -0.15) is 0 Å². The highest BCUT2D eigenvalue weighted by Crippen LogP contribution is 2.27. The van der Waals surface area contributed by atoms with Crippen molar-refractivity contribution >= 4 is 5.91 Å². The fraction of sp³-hybridized carbons (Fsp3) is 0.579. The molecule has 1 fully saturated rings. The van der Waals surface area contributed by atoms with Gasteiger partial charge in [-0.05, 0) is 31.7 Å². The molecule has 2 aliphatic heterocycles. The number of aromatic nitrogens is 2. The lowest BCUT2D eigenvalue weighted by Crippen LogP contribution is -2.41. The minimum atomic E-state index is -0.0737. The van der Waals surface area contributed by atoms with E-state index < -0.39 is 0 Å². The fourth-order valence-electron chi connectivity index (χ4n) is 3.75. The number of furan rings is 1.